The molecule has 0 saturated carbocycles. The third kappa shape index (κ3) is 1.45. The Kier molecular flexibility index (Phi) is 2.22. The lowest BCUT2D eigenvalue weighted by Gasteiger charge is -2.43. The van der Waals surface area contributed by atoms with Gasteiger partial charge in [-0.1, -0.05) is 0 Å². The Labute approximate surface area is 126 Å². The van der Waals surface area contributed by atoms with Crippen LogP contribution in [-0.2, 0) is 9.53 Å². The number of aliphatic hydroxyl groups is 1. The van der Waals surface area contributed by atoms with E-state index in [9.17, 15) is 9.90 Å². The number of carbonyl (C=O) groups is 1. The highest BCUT2D eigenvalue weighted by Crippen LogP contribution is 2.53. The third-order valence-corrected chi connectivity index (χ3v) is 4.88. The van der Waals surface area contributed by atoms with Crippen molar-refractivity contribution in [1.29, 1.82) is 0 Å². The Morgan fingerprint density at radius 1 is 1.14 bits per heavy atom. The average Bonchev–Trinajstić information content (AvgIpc) is 3.10. The molecule has 0 aromatic heterocycles. The van der Waals surface area contributed by atoms with Gasteiger partial charge in [-0.3, -0.25) is 4.79 Å². The number of rotatable bonds is 0. The highest BCUT2D eigenvalue weighted by Gasteiger charge is 2.56. The topological polar surface area (TPSA) is 74.2 Å². The summed E-state index contributed by atoms with van der Waals surface area (Å²) in [5.41, 5.74) is -0.291. The maximum Gasteiger partial charge on any atom is 0.231 e. The molecule has 0 amide bonds. The Morgan fingerprint density at radius 3 is 2.82 bits per heavy atom. The Morgan fingerprint density at radius 2 is 1.95 bits per heavy atom. The normalized spacial score (nSPS) is 34.0. The smallest absolute Gasteiger partial charge is 0.231 e. The lowest BCUT2D eigenvalue weighted by atomic mass is 9.76. The molecule has 3 aliphatic heterocycles. The van der Waals surface area contributed by atoms with Crippen molar-refractivity contribution in [2.45, 2.75) is 30.5 Å². The number of benzene rings is 1. The van der Waals surface area contributed by atoms with E-state index in [0.29, 0.717) is 42.5 Å². The fraction of sp³-hybridized carbons (Fsp3) is 0.438. The van der Waals surface area contributed by atoms with E-state index < -0.39 is 11.7 Å². The van der Waals surface area contributed by atoms with Gasteiger partial charge in [0.25, 0.3) is 0 Å². The first-order valence-corrected chi connectivity index (χ1v) is 7.35. The first-order chi connectivity index (χ1) is 10.6. The molecule has 6 nitrogen and oxygen atoms in total. The van der Waals surface area contributed by atoms with Crippen LogP contribution in [-0.4, -0.2) is 36.0 Å². The molecule has 0 spiro atoms. The summed E-state index contributed by atoms with van der Waals surface area (Å²) in [6.07, 6.45) is 1.57. The molecule has 1 saturated heterocycles. The van der Waals surface area contributed by atoms with Crippen LogP contribution in [0.2, 0.25) is 0 Å². The molecule has 1 aromatic rings. The van der Waals surface area contributed by atoms with Crippen molar-refractivity contribution in [3.05, 3.63) is 29.5 Å². The molecule has 0 unspecified atom stereocenters. The van der Waals surface area contributed by atoms with Gasteiger partial charge in [0, 0.05) is 24.1 Å². The van der Waals surface area contributed by atoms with Crippen molar-refractivity contribution >= 4 is 5.78 Å². The summed E-state index contributed by atoms with van der Waals surface area (Å²) in [6.45, 7) is 0.584. The molecule has 22 heavy (non-hydrogen) atoms. The van der Waals surface area contributed by atoms with Crippen molar-refractivity contribution in [3.63, 3.8) is 0 Å². The van der Waals surface area contributed by atoms with E-state index in [-0.39, 0.29) is 18.5 Å². The minimum absolute atomic E-state index is 0.0191. The van der Waals surface area contributed by atoms with Crippen molar-refractivity contribution in [1.82, 2.24) is 0 Å². The first-order valence-electron chi connectivity index (χ1n) is 7.35. The average molecular weight is 302 g/mol. The SMILES string of the molecule is O=C1C=C2OC[C@@H]3c4cc5c(cc4O[C@@H]3[C@@]2(O)CC1)OCO5. The predicted molar refractivity (Wildman–Crippen MR) is 72.9 cm³/mol. The van der Waals surface area contributed by atoms with Crippen molar-refractivity contribution in [2.24, 2.45) is 0 Å². The predicted octanol–water partition coefficient (Wildman–Crippen LogP) is 1.27. The van der Waals surface area contributed by atoms with Crippen LogP contribution in [0.5, 0.6) is 17.2 Å². The van der Waals surface area contributed by atoms with Crippen molar-refractivity contribution in [2.75, 3.05) is 13.4 Å². The number of carbonyl (C=O) groups excluding carboxylic acids is 1. The Hall–Kier alpha value is -2.21. The van der Waals surface area contributed by atoms with Gasteiger partial charge in [0.05, 0.1) is 12.5 Å². The summed E-state index contributed by atoms with van der Waals surface area (Å²) in [6, 6.07) is 3.70. The number of fused-ring (bicyclic) bond motifs is 6. The highest BCUT2D eigenvalue weighted by molar-refractivity contribution is 5.91. The lowest BCUT2D eigenvalue weighted by molar-refractivity contribution is -0.132. The molecule has 0 bridgehead atoms. The van der Waals surface area contributed by atoms with Crippen LogP contribution in [0.1, 0.15) is 24.3 Å². The van der Waals surface area contributed by atoms with Gasteiger partial charge in [-0.05, 0) is 12.5 Å². The van der Waals surface area contributed by atoms with E-state index >= 15 is 0 Å². The zero-order chi connectivity index (χ0) is 14.9. The van der Waals surface area contributed by atoms with Gasteiger partial charge in [0.15, 0.2) is 22.9 Å². The molecule has 3 heterocycles. The summed E-state index contributed by atoms with van der Waals surface area (Å²) in [5, 5.41) is 11.0. The van der Waals surface area contributed by atoms with Crippen LogP contribution in [0.4, 0.5) is 0 Å². The van der Waals surface area contributed by atoms with E-state index in [1.54, 1.807) is 6.07 Å². The van der Waals surface area contributed by atoms with Crippen LogP contribution in [0.25, 0.3) is 0 Å². The molecule has 3 atom stereocenters. The van der Waals surface area contributed by atoms with Gasteiger partial charge in [-0.2, -0.15) is 0 Å². The quantitative estimate of drug-likeness (QED) is 0.778. The van der Waals surface area contributed by atoms with Crippen LogP contribution < -0.4 is 14.2 Å². The van der Waals surface area contributed by atoms with E-state index in [1.807, 2.05) is 6.07 Å². The van der Waals surface area contributed by atoms with Gasteiger partial charge in [0.2, 0.25) is 6.79 Å². The van der Waals surface area contributed by atoms with E-state index in [1.165, 1.54) is 6.08 Å². The summed E-state index contributed by atoms with van der Waals surface area (Å²) in [5.74, 6) is 2.26. The van der Waals surface area contributed by atoms with Crippen LogP contribution in [0.15, 0.2) is 24.0 Å². The second-order valence-electron chi connectivity index (χ2n) is 6.10. The minimum Gasteiger partial charge on any atom is -0.494 e. The van der Waals surface area contributed by atoms with Gasteiger partial charge < -0.3 is 24.1 Å². The van der Waals surface area contributed by atoms with Gasteiger partial charge in [0.1, 0.15) is 17.6 Å². The maximum absolute atomic E-state index is 11.6. The summed E-state index contributed by atoms with van der Waals surface area (Å²) >= 11 is 0. The third-order valence-electron chi connectivity index (χ3n) is 4.88. The summed E-state index contributed by atoms with van der Waals surface area (Å²) in [7, 11) is 0. The zero-order valence-corrected chi connectivity index (χ0v) is 11.7. The highest BCUT2D eigenvalue weighted by atomic mass is 16.7. The van der Waals surface area contributed by atoms with E-state index in [0.717, 1.165) is 5.56 Å². The van der Waals surface area contributed by atoms with E-state index in [4.69, 9.17) is 18.9 Å². The zero-order valence-electron chi connectivity index (χ0n) is 11.7. The minimum atomic E-state index is -1.25. The van der Waals surface area contributed by atoms with Gasteiger partial charge in [-0.15, -0.1) is 0 Å². The molecule has 5 rings (SSSR count). The Bertz CT molecular complexity index is 724. The fourth-order valence-electron chi connectivity index (χ4n) is 3.73. The number of ether oxygens (including phenoxy) is 4. The molecule has 114 valence electrons. The molecular formula is C16H14O6. The standard InChI is InChI=1S/C16H14O6/c17-8-1-2-16(18)14(3-8)19-6-10-9-4-12-13(21-7-20-12)5-11(9)22-15(10)16/h3-5,10,15,18H,1-2,6-7H2/t10-,15+,16-/m1/s1. The number of hydrogen-bond donors (Lipinski definition) is 1. The van der Waals surface area contributed by atoms with Gasteiger partial charge >= 0.3 is 0 Å². The van der Waals surface area contributed by atoms with Crippen molar-refractivity contribution in [3.8, 4) is 17.2 Å². The van der Waals surface area contributed by atoms with E-state index in [2.05, 4.69) is 0 Å². The molecule has 0 radical (unpaired) electrons. The molecule has 1 aliphatic carbocycles. The van der Waals surface area contributed by atoms with Gasteiger partial charge in [-0.25, -0.2) is 0 Å². The fourth-order valence-corrected chi connectivity index (χ4v) is 3.73. The number of hydrogen-bond acceptors (Lipinski definition) is 6. The molecule has 1 N–H and O–H groups in total. The van der Waals surface area contributed by atoms with Crippen LogP contribution >= 0.6 is 0 Å². The molecular weight excluding hydrogens is 288 g/mol. The second kappa shape index (κ2) is 3.95. The van der Waals surface area contributed by atoms with Crippen LogP contribution in [0, 0.1) is 0 Å². The summed E-state index contributed by atoms with van der Waals surface area (Å²) < 4.78 is 22.5. The monoisotopic (exact) mass is 302 g/mol. The number of ketones is 1. The molecule has 1 aromatic carbocycles. The second-order valence-corrected chi connectivity index (χ2v) is 6.10. The molecule has 1 fully saturated rings. The number of allylic oxidation sites excluding steroid dienone is 1. The molecule has 6 heteroatoms. The van der Waals surface area contributed by atoms with Crippen LogP contribution in [0.3, 0.4) is 0 Å². The lowest BCUT2D eigenvalue weighted by Crippen LogP contribution is -2.55. The first kappa shape index (κ1) is 12.3. The largest absolute Gasteiger partial charge is 0.494 e. The summed E-state index contributed by atoms with van der Waals surface area (Å²) in [4.78, 5) is 11.6. The maximum atomic E-state index is 11.6. The van der Waals surface area contributed by atoms with Crippen molar-refractivity contribution < 1.29 is 28.8 Å². The molecule has 4 aliphatic rings. The Balaban J connectivity index is 1.59.